The number of hydrogen-bond donors (Lipinski definition) is 0. The van der Waals surface area contributed by atoms with Crippen LogP contribution in [0, 0.1) is 6.08 Å². The Labute approximate surface area is 388 Å². The fraction of sp³-hybridized carbons (Fsp3) is 0.208. The van der Waals surface area contributed by atoms with E-state index in [-0.39, 0.29) is 35.6 Å². The molecule has 0 aromatic heterocycles. The number of halogens is 8. The molecule has 62 heavy (non-hydrogen) atoms. The van der Waals surface area contributed by atoms with Gasteiger partial charge in [0.15, 0.2) is 0 Å². The molecule has 7 aromatic carbocycles. The summed E-state index contributed by atoms with van der Waals surface area (Å²) in [6.07, 6.45) is 1.04. The minimum atomic E-state index is -4.48. The molecule has 0 saturated carbocycles. The Balaban J connectivity index is 0.000000252. The summed E-state index contributed by atoms with van der Waals surface area (Å²) in [7, 11) is 0. The molecule has 1 aliphatic carbocycles. The Kier molecular flexibility index (Phi) is 16.5. The first kappa shape index (κ1) is 50.2. The topological polar surface area (TPSA) is 0 Å². The van der Waals surface area contributed by atoms with Gasteiger partial charge in [0.05, 0.1) is 0 Å². The van der Waals surface area contributed by atoms with Crippen LogP contribution in [-0.4, -0.2) is 3.26 Å². The van der Waals surface area contributed by atoms with Crippen molar-refractivity contribution in [1.29, 1.82) is 0 Å². The van der Waals surface area contributed by atoms with Crippen LogP contribution in [0.5, 0.6) is 0 Å². The minimum Gasteiger partial charge on any atom is -1.00 e. The zero-order valence-corrected chi connectivity index (χ0v) is 40.3. The van der Waals surface area contributed by atoms with Crippen LogP contribution >= 0.6 is 0 Å². The monoisotopic (exact) mass is 1050 g/mol. The molecule has 0 amide bonds. The second kappa shape index (κ2) is 20.4. The molecule has 0 N–H and O–H groups in total. The standard InChI is InChI=1S/C33H33.C15H8F6.C5H5.2ClH.Hf/c1-32(2,3)30-20-26-24(18-28(30)22-13-9-7-10-14-22)17-25-19-29(23-15-11-8-12-16-23)31(21-27(25)26)33(4,5)6;16-14(17,18)12-5-1-3-10(8-12)7-11-4-2-6-13(9-11)15(19,20)21;1-2-4-5-3-1;;;/h7-21H,1-6H3;1-6,8-9H;1-3H,4H2;2*1H;/q-1;;-1;;;+2/p-2. The Morgan fingerprint density at radius 2 is 0.935 bits per heavy atom. The number of hydrogen-bond acceptors (Lipinski definition) is 0. The van der Waals surface area contributed by atoms with Gasteiger partial charge in [-0.2, -0.15) is 6.08 Å². The Morgan fingerprint density at radius 1 is 0.532 bits per heavy atom. The van der Waals surface area contributed by atoms with Gasteiger partial charge in [-0.25, -0.2) is 12.2 Å². The first-order valence-electron chi connectivity index (χ1n) is 19.7. The van der Waals surface area contributed by atoms with Gasteiger partial charge in [0.1, 0.15) is 0 Å². The van der Waals surface area contributed by atoms with Gasteiger partial charge in [-0.3, -0.25) is 6.08 Å². The summed E-state index contributed by atoms with van der Waals surface area (Å²) in [5.41, 5.74) is 7.12. The molecule has 0 nitrogen and oxygen atoms in total. The maximum absolute atomic E-state index is 12.7. The van der Waals surface area contributed by atoms with E-state index < -0.39 is 23.5 Å². The number of fused-ring (bicyclic) bond motifs is 3. The van der Waals surface area contributed by atoms with Gasteiger partial charge in [-0.15, -0.1) is 46.2 Å². The summed E-state index contributed by atoms with van der Waals surface area (Å²) in [6, 6.07) is 43.0. The molecule has 0 aliphatic heterocycles. The van der Waals surface area contributed by atoms with Crippen LogP contribution in [0.2, 0.25) is 0 Å². The summed E-state index contributed by atoms with van der Waals surface area (Å²) in [5, 5.41) is 5.36. The van der Waals surface area contributed by atoms with Crippen molar-refractivity contribution in [2.24, 2.45) is 0 Å². The van der Waals surface area contributed by atoms with Crippen molar-refractivity contribution in [3.05, 3.63) is 197 Å². The summed E-state index contributed by atoms with van der Waals surface area (Å²) in [6.45, 7) is 13.9. The van der Waals surface area contributed by atoms with Crippen molar-refractivity contribution in [3.8, 4) is 22.3 Å². The molecule has 320 valence electrons. The third kappa shape index (κ3) is 12.2. The molecule has 0 bridgehead atoms. The smallest absolute Gasteiger partial charge is 0.109 e. The third-order valence-corrected chi connectivity index (χ3v) is 12.4. The van der Waals surface area contributed by atoms with Crippen LogP contribution < -0.4 is 24.8 Å². The van der Waals surface area contributed by atoms with Gasteiger partial charge in [0, 0.05) is 0 Å². The number of benzene rings is 6. The molecule has 0 spiro atoms. The SMILES string of the molecule is CC(C)(C)c1cc2c(cc1-c1ccccc1)[cH-]c1cc(-c3ccccc3)c(C(C)(C)C)cc12.FC(F)(F)c1cccc([C](=[Hf+2])c2cccc(C(F)(F)F)c2)c1.[C-]1=CC=CC1.[Cl-].[Cl-]. The maximum atomic E-state index is 12.7. The first-order chi connectivity index (χ1) is 28.2. The Hall–Kier alpha value is -4.43. The van der Waals surface area contributed by atoms with Gasteiger partial charge in [0.2, 0.25) is 0 Å². The van der Waals surface area contributed by atoms with Crippen molar-refractivity contribution >= 4 is 24.8 Å². The zero-order valence-electron chi connectivity index (χ0n) is 35.2. The predicted octanol–water partition coefficient (Wildman–Crippen LogP) is 9.79. The van der Waals surface area contributed by atoms with E-state index in [1.54, 1.807) is 0 Å². The molecule has 0 saturated heterocycles. The van der Waals surface area contributed by atoms with Gasteiger partial charge in [-0.1, -0.05) is 114 Å². The number of allylic oxidation sites excluding steroid dienone is 4. The van der Waals surface area contributed by atoms with E-state index in [0.29, 0.717) is 38.3 Å². The fourth-order valence-corrected chi connectivity index (χ4v) is 8.39. The van der Waals surface area contributed by atoms with Crippen molar-refractivity contribution in [3.63, 3.8) is 0 Å². The Bertz CT molecular complexity index is 2490. The van der Waals surface area contributed by atoms with Crippen LogP contribution in [0.25, 0.3) is 43.8 Å². The average molecular weight is 1050 g/mol. The molecule has 8 rings (SSSR count). The molecule has 0 radical (unpaired) electrons. The zero-order chi connectivity index (χ0) is 43.5. The molecule has 0 atom stereocenters. The molecular formula is C53H46Cl2F6Hf-2. The molecule has 0 heterocycles. The second-order valence-corrected chi connectivity index (χ2v) is 18.7. The molecule has 9 heteroatoms. The Morgan fingerprint density at radius 3 is 1.24 bits per heavy atom. The largest absolute Gasteiger partial charge is 1.00 e. The summed E-state index contributed by atoms with van der Waals surface area (Å²) in [5.74, 6) is 0. The second-order valence-electron chi connectivity index (χ2n) is 16.9. The van der Waals surface area contributed by atoms with E-state index in [1.165, 1.54) is 79.2 Å². The van der Waals surface area contributed by atoms with Gasteiger partial charge in [0.25, 0.3) is 0 Å². The van der Waals surface area contributed by atoms with E-state index in [0.717, 1.165) is 30.7 Å². The molecular weight excluding hydrogens is 1000 g/mol. The normalized spacial score (nSPS) is 12.5. The van der Waals surface area contributed by atoms with Crippen LogP contribution in [0.1, 0.15) is 81.3 Å². The quantitative estimate of drug-likeness (QED) is 0.0937. The van der Waals surface area contributed by atoms with Crippen LogP contribution in [0.4, 0.5) is 26.3 Å². The predicted molar refractivity (Wildman–Crippen MR) is 233 cm³/mol. The molecule has 1 aliphatic rings. The minimum absolute atomic E-state index is 0. The van der Waals surface area contributed by atoms with Gasteiger partial charge < -0.3 is 24.8 Å². The van der Waals surface area contributed by atoms with E-state index in [2.05, 4.69) is 145 Å². The van der Waals surface area contributed by atoms with Crippen molar-refractivity contribution < 1.29 is 75.0 Å². The first-order valence-corrected chi connectivity index (χ1v) is 21.5. The van der Waals surface area contributed by atoms with Crippen LogP contribution in [-0.2, 0) is 47.1 Å². The van der Waals surface area contributed by atoms with Crippen molar-refractivity contribution in [2.45, 2.75) is 71.1 Å². The molecule has 7 aromatic rings. The van der Waals surface area contributed by atoms with E-state index in [1.807, 2.05) is 12.2 Å². The third-order valence-electron chi connectivity index (χ3n) is 10.3. The number of alkyl halides is 6. The summed E-state index contributed by atoms with van der Waals surface area (Å²) < 4.78 is 76.7. The summed E-state index contributed by atoms with van der Waals surface area (Å²) >= 11 is 0.316. The molecule has 0 fully saturated rings. The fourth-order valence-electron chi connectivity index (χ4n) is 7.27. The van der Waals surface area contributed by atoms with E-state index >= 15 is 0 Å². The van der Waals surface area contributed by atoms with Gasteiger partial charge in [-0.05, 0) is 44.2 Å². The van der Waals surface area contributed by atoms with Crippen LogP contribution in [0.15, 0.2) is 158 Å². The summed E-state index contributed by atoms with van der Waals surface area (Å²) in [4.78, 5) is 0. The number of rotatable bonds is 4. The molecule has 0 unspecified atom stereocenters. The van der Waals surface area contributed by atoms with E-state index in [4.69, 9.17) is 0 Å². The van der Waals surface area contributed by atoms with Gasteiger partial charge >= 0.3 is 137 Å². The average Bonchev–Trinajstić information content (AvgIpc) is 3.91. The van der Waals surface area contributed by atoms with Crippen molar-refractivity contribution in [2.75, 3.05) is 0 Å². The van der Waals surface area contributed by atoms with Crippen LogP contribution in [0.3, 0.4) is 0 Å². The van der Waals surface area contributed by atoms with E-state index in [9.17, 15) is 26.3 Å². The van der Waals surface area contributed by atoms with Crippen molar-refractivity contribution in [1.82, 2.24) is 0 Å². The maximum Gasteiger partial charge on any atom is -0.109 e.